The molecule has 0 aliphatic rings. The van der Waals surface area contributed by atoms with Gasteiger partial charge >= 0.3 is 12.1 Å². The Morgan fingerprint density at radius 1 is 1.21 bits per heavy atom. The highest BCUT2D eigenvalue weighted by molar-refractivity contribution is 5.85. The predicted octanol–water partition coefficient (Wildman–Crippen LogP) is 3.21. The Morgan fingerprint density at radius 3 is 2.16 bits per heavy atom. The van der Waals surface area contributed by atoms with Gasteiger partial charge in [0.2, 0.25) is 0 Å². The summed E-state index contributed by atoms with van der Waals surface area (Å²) in [7, 11) is 0. The number of halogens is 6. The van der Waals surface area contributed by atoms with E-state index in [9.17, 15) is 32.1 Å². The van der Waals surface area contributed by atoms with Gasteiger partial charge in [-0.1, -0.05) is 12.1 Å². The average Bonchev–Trinajstić information content (AvgIpc) is 2.26. The molecule has 0 saturated heterocycles. The summed E-state index contributed by atoms with van der Waals surface area (Å²) in [5.74, 6) is -5.16. The van der Waals surface area contributed by atoms with Crippen molar-refractivity contribution < 1.29 is 26.9 Å². The van der Waals surface area contributed by atoms with Gasteiger partial charge in [-0.2, -0.15) is 22.0 Å². The lowest BCUT2D eigenvalue weighted by molar-refractivity contribution is -0.385. The van der Waals surface area contributed by atoms with Crippen molar-refractivity contribution in [3.05, 3.63) is 39.9 Å². The van der Waals surface area contributed by atoms with Gasteiger partial charge in [-0.15, -0.1) is 12.4 Å². The molecular weight excluding hydrogens is 299 g/mol. The molecule has 1 rings (SSSR count). The minimum absolute atomic E-state index is 0. The van der Waals surface area contributed by atoms with Crippen molar-refractivity contribution in [3.63, 3.8) is 0 Å². The lowest BCUT2D eigenvalue weighted by Crippen LogP contribution is -2.45. The zero-order valence-corrected chi connectivity index (χ0v) is 9.84. The largest absolute Gasteiger partial charge is 0.455 e. The summed E-state index contributed by atoms with van der Waals surface area (Å²) in [6.07, 6.45) is -5.82. The summed E-state index contributed by atoms with van der Waals surface area (Å²) in [4.78, 5) is 9.46. The standard InChI is InChI=1S/C9H7F5N2O2.ClH/c10-8(11,9(12,13)14)7(15)5-2-1-3-6(4-5)16(17)18;/h1-4,7H,15H2;1H/t7-;/m0./s1. The van der Waals surface area contributed by atoms with Crippen LogP contribution in [-0.4, -0.2) is 17.0 Å². The molecule has 0 fully saturated rings. The van der Waals surface area contributed by atoms with Crippen molar-refractivity contribution in [1.29, 1.82) is 0 Å². The Labute approximate surface area is 109 Å². The van der Waals surface area contributed by atoms with Crippen LogP contribution in [0.15, 0.2) is 24.3 Å². The molecule has 19 heavy (non-hydrogen) atoms. The summed E-state index contributed by atoms with van der Waals surface area (Å²) in [5, 5.41) is 10.4. The van der Waals surface area contributed by atoms with E-state index in [1.165, 1.54) is 0 Å². The van der Waals surface area contributed by atoms with Crippen LogP contribution in [0.4, 0.5) is 27.6 Å². The van der Waals surface area contributed by atoms with E-state index in [1.54, 1.807) is 0 Å². The molecule has 10 heteroatoms. The maximum absolute atomic E-state index is 12.9. The molecule has 0 spiro atoms. The third-order valence-corrected chi connectivity index (χ3v) is 2.21. The van der Waals surface area contributed by atoms with E-state index in [-0.39, 0.29) is 12.4 Å². The van der Waals surface area contributed by atoms with Gasteiger partial charge in [0.25, 0.3) is 5.69 Å². The van der Waals surface area contributed by atoms with Crippen LogP contribution < -0.4 is 5.73 Å². The lowest BCUT2D eigenvalue weighted by atomic mass is 10.0. The number of hydrogen-bond acceptors (Lipinski definition) is 3. The number of nitrogens with zero attached hydrogens (tertiary/aromatic N) is 1. The lowest BCUT2D eigenvalue weighted by Gasteiger charge is -2.25. The van der Waals surface area contributed by atoms with Gasteiger partial charge in [-0.25, -0.2) is 0 Å². The fourth-order valence-corrected chi connectivity index (χ4v) is 1.22. The Bertz CT molecular complexity index is 466. The van der Waals surface area contributed by atoms with Gasteiger partial charge < -0.3 is 5.73 Å². The second kappa shape index (κ2) is 5.66. The highest BCUT2D eigenvalue weighted by atomic mass is 35.5. The monoisotopic (exact) mass is 306 g/mol. The Balaban J connectivity index is 0.00000324. The van der Waals surface area contributed by atoms with Crippen LogP contribution in [0.3, 0.4) is 0 Å². The first-order valence-electron chi connectivity index (χ1n) is 4.52. The molecule has 108 valence electrons. The maximum Gasteiger partial charge on any atom is 0.455 e. The summed E-state index contributed by atoms with van der Waals surface area (Å²) >= 11 is 0. The minimum atomic E-state index is -5.82. The first kappa shape index (κ1) is 17.5. The zero-order chi connectivity index (χ0) is 14.1. The van der Waals surface area contributed by atoms with Crippen molar-refractivity contribution in [2.24, 2.45) is 5.73 Å². The molecule has 1 aromatic rings. The van der Waals surface area contributed by atoms with Crippen LogP contribution >= 0.6 is 12.4 Å². The van der Waals surface area contributed by atoms with Gasteiger partial charge in [-0.05, 0) is 5.56 Å². The van der Waals surface area contributed by atoms with Gasteiger partial charge in [0.1, 0.15) is 6.04 Å². The fourth-order valence-electron chi connectivity index (χ4n) is 1.22. The average molecular weight is 307 g/mol. The van der Waals surface area contributed by atoms with E-state index in [2.05, 4.69) is 0 Å². The zero-order valence-electron chi connectivity index (χ0n) is 9.03. The Kier molecular flexibility index (Phi) is 5.22. The van der Waals surface area contributed by atoms with E-state index in [1.807, 2.05) is 0 Å². The number of benzene rings is 1. The van der Waals surface area contributed by atoms with Crippen molar-refractivity contribution in [3.8, 4) is 0 Å². The number of rotatable bonds is 3. The highest BCUT2D eigenvalue weighted by Crippen LogP contribution is 2.43. The third kappa shape index (κ3) is 3.51. The maximum atomic E-state index is 12.9. The van der Waals surface area contributed by atoms with Crippen LogP contribution in [0.5, 0.6) is 0 Å². The second-order valence-electron chi connectivity index (χ2n) is 3.45. The normalized spacial score (nSPS) is 13.6. The van der Waals surface area contributed by atoms with Crippen LogP contribution in [0.2, 0.25) is 0 Å². The van der Waals surface area contributed by atoms with E-state index in [0.29, 0.717) is 6.07 Å². The number of alkyl halides is 5. The molecule has 1 atom stereocenters. The van der Waals surface area contributed by atoms with Gasteiger partial charge in [0, 0.05) is 12.1 Å². The molecule has 4 nitrogen and oxygen atoms in total. The van der Waals surface area contributed by atoms with Crippen molar-refractivity contribution in [2.45, 2.75) is 18.1 Å². The van der Waals surface area contributed by atoms with Crippen LogP contribution in [0.1, 0.15) is 11.6 Å². The molecule has 0 amide bonds. The van der Waals surface area contributed by atoms with Crippen molar-refractivity contribution >= 4 is 18.1 Å². The van der Waals surface area contributed by atoms with E-state index in [0.717, 1.165) is 18.2 Å². The minimum Gasteiger partial charge on any atom is -0.319 e. The van der Waals surface area contributed by atoms with E-state index >= 15 is 0 Å². The van der Waals surface area contributed by atoms with E-state index < -0.39 is 34.3 Å². The first-order valence-corrected chi connectivity index (χ1v) is 4.52. The SMILES string of the molecule is Cl.N[C@@H](c1cccc([N+](=O)[O-])c1)C(F)(F)C(F)(F)F. The van der Waals surface area contributed by atoms with Crippen LogP contribution in [0, 0.1) is 10.1 Å². The molecule has 0 aliphatic heterocycles. The molecule has 2 N–H and O–H groups in total. The topological polar surface area (TPSA) is 69.2 Å². The smallest absolute Gasteiger partial charge is 0.319 e. The molecule has 0 radical (unpaired) electrons. The van der Waals surface area contributed by atoms with E-state index in [4.69, 9.17) is 5.73 Å². The summed E-state index contributed by atoms with van der Waals surface area (Å²) in [5.41, 5.74) is 3.56. The summed E-state index contributed by atoms with van der Waals surface area (Å²) in [6.45, 7) is 0. The predicted molar refractivity (Wildman–Crippen MR) is 58.3 cm³/mol. The van der Waals surface area contributed by atoms with Gasteiger partial charge in [0.05, 0.1) is 4.92 Å². The van der Waals surface area contributed by atoms with Crippen molar-refractivity contribution in [2.75, 3.05) is 0 Å². The third-order valence-electron chi connectivity index (χ3n) is 2.21. The van der Waals surface area contributed by atoms with Crippen molar-refractivity contribution in [1.82, 2.24) is 0 Å². The molecule has 1 aromatic carbocycles. The van der Waals surface area contributed by atoms with Gasteiger partial charge in [0.15, 0.2) is 0 Å². The molecule has 0 aromatic heterocycles. The summed E-state index contributed by atoms with van der Waals surface area (Å²) in [6, 6.07) is 0.709. The molecule has 0 bridgehead atoms. The van der Waals surface area contributed by atoms with Gasteiger partial charge in [-0.3, -0.25) is 10.1 Å². The number of nitro benzene ring substituents is 1. The molecule has 0 aliphatic carbocycles. The molecular formula is C9H8ClF5N2O2. The number of hydrogen-bond donors (Lipinski definition) is 1. The fraction of sp³-hybridized carbons (Fsp3) is 0.333. The Hall–Kier alpha value is -1.48. The summed E-state index contributed by atoms with van der Waals surface area (Å²) < 4.78 is 62.0. The number of nitro groups is 1. The Morgan fingerprint density at radius 2 is 1.74 bits per heavy atom. The number of non-ortho nitro benzene ring substituents is 1. The highest BCUT2D eigenvalue weighted by Gasteiger charge is 2.61. The van der Waals surface area contributed by atoms with Crippen LogP contribution in [0.25, 0.3) is 0 Å². The number of nitrogens with two attached hydrogens (primary N) is 1. The molecule has 0 unspecified atom stereocenters. The second-order valence-corrected chi connectivity index (χ2v) is 3.45. The van der Waals surface area contributed by atoms with Crippen LogP contribution in [-0.2, 0) is 0 Å². The molecule has 0 saturated carbocycles. The molecule has 0 heterocycles. The first-order chi connectivity index (χ1) is 8.07. The quantitative estimate of drug-likeness (QED) is 0.529.